The summed E-state index contributed by atoms with van der Waals surface area (Å²) >= 11 is 0. The van der Waals surface area contributed by atoms with Crippen LogP contribution in [-0.4, -0.2) is 37.1 Å². The number of piperidine rings is 1. The van der Waals surface area contributed by atoms with Crippen molar-refractivity contribution < 1.29 is 0 Å². The first kappa shape index (κ1) is 9.47. The zero-order valence-electron chi connectivity index (χ0n) is 8.76. The van der Waals surface area contributed by atoms with E-state index in [0.29, 0.717) is 0 Å². The summed E-state index contributed by atoms with van der Waals surface area (Å²) in [5.41, 5.74) is 0. The monoisotopic (exact) mass is 182 g/mol. The molecule has 2 rings (SSSR count). The maximum atomic E-state index is 3.61. The normalized spacial score (nSPS) is 29.5. The Labute approximate surface area is 81.7 Å². The van der Waals surface area contributed by atoms with E-state index in [1.54, 1.807) is 0 Å². The van der Waals surface area contributed by atoms with Gasteiger partial charge in [-0.05, 0) is 52.2 Å². The van der Waals surface area contributed by atoms with E-state index in [1.165, 1.54) is 51.6 Å². The lowest BCUT2D eigenvalue weighted by molar-refractivity contribution is 0.280. The van der Waals surface area contributed by atoms with Gasteiger partial charge in [0.25, 0.3) is 0 Å². The molecule has 13 heavy (non-hydrogen) atoms. The molecule has 2 nitrogen and oxygen atoms in total. The van der Waals surface area contributed by atoms with Gasteiger partial charge in [0.2, 0.25) is 0 Å². The Balaban J connectivity index is 1.60. The molecule has 1 N–H and O–H groups in total. The van der Waals surface area contributed by atoms with E-state index in [2.05, 4.69) is 17.3 Å². The van der Waals surface area contributed by atoms with Gasteiger partial charge in [0.05, 0.1) is 0 Å². The van der Waals surface area contributed by atoms with Crippen LogP contribution in [0.4, 0.5) is 0 Å². The van der Waals surface area contributed by atoms with Gasteiger partial charge in [0, 0.05) is 12.1 Å². The second-order valence-corrected chi connectivity index (χ2v) is 4.65. The summed E-state index contributed by atoms with van der Waals surface area (Å²) in [5, 5.41) is 3.61. The number of hydrogen-bond acceptors (Lipinski definition) is 2. The molecule has 1 atom stereocenters. The van der Waals surface area contributed by atoms with Crippen molar-refractivity contribution in [3.63, 3.8) is 0 Å². The highest BCUT2D eigenvalue weighted by Crippen LogP contribution is 2.25. The van der Waals surface area contributed by atoms with Crippen molar-refractivity contribution in [3.05, 3.63) is 0 Å². The largest absolute Gasteiger partial charge is 0.314 e. The average molecular weight is 182 g/mol. The molecule has 1 aliphatic carbocycles. The lowest BCUT2D eigenvalue weighted by atomic mass is 10.0. The first-order valence-corrected chi connectivity index (χ1v) is 5.80. The van der Waals surface area contributed by atoms with E-state index < -0.39 is 0 Å². The van der Waals surface area contributed by atoms with E-state index in [9.17, 15) is 0 Å². The quantitative estimate of drug-likeness (QED) is 0.710. The number of hydrogen-bond donors (Lipinski definition) is 1. The van der Waals surface area contributed by atoms with Gasteiger partial charge in [0.1, 0.15) is 0 Å². The highest BCUT2D eigenvalue weighted by atomic mass is 15.2. The fraction of sp³-hybridized carbons (Fsp3) is 1.00. The van der Waals surface area contributed by atoms with Crippen LogP contribution in [0.25, 0.3) is 0 Å². The van der Waals surface area contributed by atoms with Crippen LogP contribution in [0.1, 0.15) is 38.5 Å². The molecule has 1 aliphatic heterocycles. The highest BCUT2D eigenvalue weighted by Gasteiger charge is 2.26. The lowest BCUT2D eigenvalue weighted by Crippen LogP contribution is -2.37. The van der Waals surface area contributed by atoms with Crippen LogP contribution in [0, 0.1) is 0 Å². The average Bonchev–Trinajstić information content (AvgIpc) is 2.99. The Hall–Kier alpha value is -0.0800. The van der Waals surface area contributed by atoms with Gasteiger partial charge < -0.3 is 10.2 Å². The number of nitrogens with zero attached hydrogens (tertiary/aromatic N) is 1. The van der Waals surface area contributed by atoms with Crippen LogP contribution in [0.5, 0.6) is 0 Å². The maximum absolute atomic E-state index is 3.61. The van der Waals surface area contributed by atoms with Crippen LogP contribution < -0.4 is 5.32 Å². The molecule has 1 saturated heterocycles. The van der Waals surface area contributed by atoms with E-state index in [0.717, 1.165) is 12.1 Å². The van der Waals surface area contributed by atoms with Crippen molar-refractivity contribution in [3.8, 4) is 0 Å². The van der Waals surface area contributed by atoms with E-state index in [4.69, 9.17) is 0 Å². The second kappa shape index (κ2) is 4.43. The van der Waals surface area contributed by atoms with Gasteiger partial charge >= 0.3 is 0 Å². The van der Waals surface area contributed by atoms with Crippen LogP contribution in [0.3, 0.4) is 0 Å². The predicted octanol–water partition coefficient (Wildman–Crippen LogP) is 1.61. The molecule has 0 aromatic heterocycles. The lowest BCUT2D eigenvalue weighted by Gasteiger charge is -2.25. The Bertz CT molecular complexity index is 148. The molecule has 2 aliphatic rings. The first-order valence-electron chi connectivity index (χ1n) is 5.80. The molecule has 2 heteroatoms. The zero-order valence-corrected chi connectivity index (χ0v) is 8.76. The molecular formula is C11H22N2. The number of rotatable bonds is 4. The Morgan fingerprint density at radius 1 is 1.23 bits per heavy atom. The third kappa shape index (κ3) is 2.96. The SMILES string of the molecule is CN(CCC1CCCCN1)C1CC1. The smallest absolute Gasteiger partial charge is 0.00933 e. The van der Waals surface area contributed by atoms with E-state index in [1.807, 2.05) is 0 Å². The van der Waals surface area contributed by atoms with Crippen molar-refractivity contribution >= 4 is 0 Å². The second-order valence-electron chi connectivity index (χ2n) is 4.65. The summed E-state index contributed by atoms with van der Waals surface area (Å²) in [7, 11) is 2.28. The van der Waals surface area contributed by atoms with Gasteiger partial charge in [-0.2, -0.15) is 0 Å². The molecular weight excluding hydrogens is 160 g/mol. The fourth-order valence-electron chi connectivity index (χ4n) is 2.23. The molecule has 0 amide bonds. The Morgan fingerprint density at radius 2 is 2.08 bits per heavy atom. The Kier molecular flexibility index (Phi) is 3.23. The first-order chi connectivity index (χ1) is 6.36. The molecule has 1 saturated carbocycles. The van der Waals surface area contributed by atoms with Crippen LogP contribution in [0.2, 0.25) is 0 Å². The minimum atomic E-state index is 0.815. The van der Waals surface area contributed by atoms with Gasteiger partial charge in [-0.25, -0.2) is 0 Å². The van der Waals surface area contributed by atoms with Gasteiger partial charge in [0.15, 0.2) is 0 Å². The number of nitrogens with one attached hydrogen (secondary N) is 1. The summed E-state index contributed by atoms with van der Waals surface area (Å²) in [4.78, 5) is 2.54. The minimum absolute atomic E-state index is 0.815. The molecule has 1 unspecified atom stereocenters. The van der Waals surface area contributed by atoms with Gasteiger partial charge in [-0.15, -0.1) is 0 Å². The molecule has 76 valence electrons. The summed E-state index contributed by atoms with van der Waals surface area (Å²) in [6, 6.07) is 1.75. The highest BCUT2D eigenvalue weighted by molar-refractivity contribution is 4.83. The summed E-state index contributed by atoms with van der Waals surface area (Å²) in [6.45, 7) is 2.54. The molecule has 0 spiro atoms. The molecule has 0 bridgehead atoms. The topological polar surface area (TPSA) is 15.3 Å². The molecule has 1 heterocycles. The standard InChI is InChI=1S/C11H22N2/c1-13(11-5-6-11)9-7-10-4-2-3-8-12-10/h10-12H,2-9H2,1H3. The van der Waals surface area contributed by atoms with Crippen LogP contribution >= 0.6 is 0 Å². The van der Waals surface area contributed by atoms with Crippen molar-refractivity contribution in [2.45, 2.75) is 50.6 Å². The predicted molar refractivity (Wildman–Crippen MR) is 55.9 cm³/mol. The van der Waals surface area contributed by atoms with Crippen LogP contribution in [0.15, 0.2) is 0 Å². The molecule has 2 fully saturated rings. The minimum Gasteiger partial charge on any atom is -0.314 e. The van der Waals surface area contributed by atoms with Gasteiger partial charge in [-0.3, -0.25) is 0 Å². The summed E-state index contributed by atoms with van der Waals surface area (Å²) < 4.78 is 0. The Morgan fingerprint density at radius 3 is 2.69 bits per heavy atom. The molecule has 0 radical (unpaired) electrons. The van der Waals surface area contributed by atoms with Crippen molar-refractivity contribution in [1.82, 2.24) is 10.2 Å². The fourth-order valence-corrected chi connectivity index (χ4v) is 2.23. The third-order valence-electron chi connectivity index (χ3n) is 3.41. The molecule has 0 aromatic rings. The zero-order chi connectivity index (χ0) is 9.10. The summed E-state index contributed by atoms with van der Waals surface area (Å²) in [5.74, 6) is 0. The van der Waals surface area contributed by atoms with Crippen molar-refractivity contribution in [2.75, 3.05) is 20.1 Å². The van der Waals surface area contributed by atoms with E-state index in [-0.39, 0.29) is 0 Å². The maximum Gasteiger partial charge on any atom is 0.00933 e. The third-order valence-corrected chi connectivity index (χ3v) is 3.41. The molecule has 0 aromatic carbocycles. The van der Waals surface area contributed by atoms with Crippen LogP contribution in [-0.2, 0) is 0 Å². The summed E-state index contributed by atoms with van der Waals surface area (Å²) in [6.07, 6.45) is 8.45. The van der Waals surface area contributed by atoms with Gasteiger partial charge in [-0.1, -0.05) is 6.42 Å². The van der Waals surface area contributed by atoms with Crippen molar-refractivity contribution in [2.24, 2.45) is 0 Å². The van der Waals surface area contributed by atoms with E-state index >= 15 is 0 Å². The van der Waals surface area contributed by atoms with Crippen molar-refractivity contribution in [1.29, 1.82) is 0 Å².